The van der Waals surface area contributed by atoms with Crippen LogP contribution in [0.5, 0.6) is 0 Å². The smallest absolute Gasteiger partial charge is 0.256 e. The minimum absolute atomic E-state index is 0.0749. The molecule has 0 aromatic heterocycles. The molecule has 1 aliphatic carbocycles. The molecule has 5 nitrogen and oxygen atoms in total. The van der Waals surface area contributed by atoms with Crippen LogP contribution in [-0.4, -0.2) is 32.3 Å². The molecular formula is C14H16N2O3S. The highest BCUT2D eigenvalue weighted by atomic mass is 32.2. The van der Waals surface area contributed by atoms with E-state index in [1.54, 1.807) is 6.07 Å². The van der Waals surface area contributed by atoms with E-state index in [0.717, 1.165) is 12.8 Å². The zero-order valence-corrected chi connectivity index (χ0v) is 11.8. The van der Waals surface area contributed by atoms with Gasteiger partial charge in [0, 0.05) is 6.54 Å². The molecule has 1 aromatic carbocycles. The second kappa shape index (κ2) is 5.65. The van der Waals surface area contributed by atoms with E-state index in [9.17, 15) is 13.2 Å². The Labute approximate surface area is 118 Å². The van der Waals surface area contributed by atoms with Crippen LogP contribution in [0.2, 0.25) is 0 Å². The normalized spacial score (nSPS) is 14.6. The van der Waals surface area contributed by atoms with Crippen molar-refractivity contribution in [2.75, 3.05) is 13.1 Å². The summed E-state index contributed by atoms with van der Waals surface area (Å²) in [6.07, 6.45) is 7.43. The number of hydrogen-bond donors (Lipinski definition) is 1. The molecule has 0 radical (unpaired) electrons. The Morgan fingerprint density at radius 2 is 2.05 bits per heavy atom. The van der Waals surface area contributed by atoms with Gasteiger partial charge in [0.2, 0.25) is 10.0 Å². The van der Waals surface area contributed by atoms with Crippen molar-refractivity contribution in [2.45, 2.75) is 17.7 Å². The predicted molar refractivity (Wildman–Crippen MR) is 75.3 cm³/mol. The molecule has 106 valence electrons. The Hall–Kier alpha value is -1.84. The molecule has 20 heavy (non-hydrogen) atoms. The number of carbonyl (C=O) groups excluding carboxylic acids is 1. The predicted octanol–water partition coefficient (Wildman–Crippen LogP) is 0.819. The summed E-state index contributed by atoms with van der Waals surface area (Å²) >= 11 is 0. The monoisotopic (exact) mass is 292 g/mol. The highest BCUT2D eigenvalue weighted by Crippen LogP contribution is 2.30. The van der Waals surface area contributed by atoms with Gasteiger partial charge in [0.1, 0.15) is 0 Å². The Morgan fingerprint density at radius 3 is 2.60 bits per heavy atom. The fourth-order valence-corrected chi connectivity index (χ4v) is 2.73. The van der Waals surface area contributed by atoms with E-state index >= 15 is 0 Å². The summed E-state index contributed by atoms with van der Waals surface area (Å²) in [5, 5.41) is 5.14. The maximum atomic E-state index is 12.5. The molecule has 0 aliphatic heterocycles. The molecular weight excluding hydrogens is 276 g/mol. The van der Waals surface area contributed by atoms with Crippen LogP contribution in [0.3, 0.4) is 0 Å². The summed E-state index contributed by atoms with van der Waals surface area (Å²) in [5.41, 5.74) is 0.0749. The maximum absolute atomic E-state index is 12.5. The molecule has 1 fully saturated rings. The van der Waals surface area contributed by atoms with Gasteiger partial charge in [-0.3, -0.25) is 4.79 Å². The van der Waals surface area contributed by atoms with Crippen molar-refractivity contribution in [3.8, 4) is 12.3 Å². The maximum Gasteiger partial charge on any atom is 0.256 e. The zero-order valence-electron chi connectivity index (χ0n) is 11.0. The molecule has 0 heterocycles. The number of terminal acetylenes is 1. The van der Waals surface area contributed by atoms with E-state index in [2.05, 4.69) is 5.92 Å². The molecule has 1 saturated carbocycles. The third-order valence-corrected chi connectivity index (χ3v) is 4.14. The Morgan fingerprint density at radius 1 is 1.40 bits per heavy atom. The minimum Gasteiger partial charge on any atom is -0.327 e. The van der Waals surface area contributed by atoms with E-state index in [1.807, 2.05) is 0 Å². The second-order valence-electron chi connectivity index (χ2n) is 4.87. The quantitative estimate of drug-likeness (QED) is 0.816. The van der Waals surface area contributed by atoms with Crippen LogP contribution in [0, 0.1) is 18.3 Å². The van der Waals surface area contributed by atoms with Crippen LogP contribution in [0.25, 0.3) is 0 Å². The molecule has 1 amide bonds. The first-order valence-corrected chi connectivity index (χ1v) is 7.82. The third kappa shape index (κ3) is 3.38. The van der Waals surface area contributed by atoms with Gasteiger partial charge in [0.25, 0.3) is 5.91 Å². The second-order valence-corrected chi connectivity index (χ2v) is 6.40. The van der Waals surface area contributed by atoms with Crippen molar-refractivity contribution in [1.82, 2.24) is 4.90 Å². The first-order valence-electron chi connectivity index (χ1n) is 6.28. The molecule has 0 spiro atoms. The van der Waals surface area contributed by atoms with Crippen LogP contribution >= 0.6 is 0 Å². The Bertz CT molecular complexity index is 657. The molecule has 1 aliphatic rings. The number of rotatable bonds is 5. The van der Waals surface area contributed by atoms with Gasteiger partial charge in [0.05, 0.1) is 17.0 Å². The van der Waals surface area contributed by atoms with E-state index in [0.29, 0.717) is 12.5 Å². The fraction of sp³-hybridized carbons (Fsp3) is 0.357. The van der Waals surface area contributed by atoms with Gasteiger partial charge in [-0.15, -0.1) is 6.42 Å². The first-order chi connectivity index (χ1) is 9.43. The van der Waals surface area contributed by atoms with Gasteiger partial charge < -0.3 is 4.90 Å². The molecule has 6 heteroatoms. The highest BCUT2D eigenvalue weighted by molar-refractivity contribution is 7.89. The molecule has 1 aromatic rings. The summed E-state index contributed by atoms with van der Waals surface area (Å²) in [6.45, 7) is 0.719. The Balaban J connectivity index is 2.33. The largest absolute Gasteiger partial charge is 0.327 e. The van der Waals surface area contributed by atoms with E-state index < -0.39 is 10.0 Å². The van der Waals surface area contributed by atoms with E-state index in [-0.39, 0.29) is 22.9 Å². The van der Waals surface area contributed by atoms with Gasteiger partial charge >= 0.3 is 0 Å². The third-order valence-electron chi connectivity index (χ3n) is 3.17. The van der Waals surface area contributed by atoms with Gasteiger partial charge in [-0.25, -0.2) is 13.6 Å². The lowest BCUT2D eigenvalue weighted by Crippen LogP contribution is -2.34. The lowest BCUT2D eigenvalue weighted by Gasteiger charge is -2.21. The molecule has 0 atom stereocenters. The van der Waals surface area contributed by atoms with Crippen molar-refractivity contribution >= 4 is 15.9 Å². The summed E-state index contributed by atoms with van der Waals surface area (Å²) in [4.78, 5) is 13.8. The summed E-state index contributed by atoms with van der Waals surface area (Å²) in [7, 11) is -3.94. The Kier molecular flexibility index (Phi) is 4.12. The summed E-state index contributed by atoms with van der Waals surface area (Å²) in [6, 6.07) is 5.92. The SMILES string of the molecule is C#CCN(CC1CC1)C(=O)c1ccccc1S(N)(=O)=O. The van der Waals surface area contributed by atoms with Crippen molar-refractivity contribution in [3.63, 3.8) is 0 Å². The molecule has 0 saturated heterocycles. The van der Waals surface area contributed by atoms with Crippen molar-refractivity contribution in [3.05, 3.63) is 29.8 Å². The molecule has 2 N–H and O–H groups in total. The molecule has 0 unspecified atom stereocenters. The zero-order chi connectivity index (χ0) is 14.8. The number of benzene rings is 1. The van der Waals surface area contributed by atoms with Crippen LogP contribution < -0.4 is 5.14 Å². The van der Waals surface area contributed by atoms with Gasteiger partial charge in [-0.05, 0) is 30.9 Å². The average molecular weight is 292 g/mol. The minimum atomic E-state index is -3.94. The van der Waals surface area contributed by atoms with Gasteiger partial charge in [0.15, 0.2) is 0 Å². The molecule has 2 rings (SSSR count). The van der Waals surface area contributed by atoms with Crippen LogP contribution in [-0.2, 0) is 10.0 Å². The van der Waals surface area contributed by atoms with Gasteiger partial charge in [-0.1, -0.05) is 18.1 Å². The van der Waals surface area contributed by atoms with Gasteiger partial charge in [-0.2, -0.15) is 0 Å². The summed E-state index contributed by atoms with van der Waals surface area (Å²) < 4.78 is 23.1. The van der Waals surface area contributed by atoms with Crippen molar-refractivity contribution in [1.29, 1.82) is 0 Å². The number of carbonyl (C=O) groups is 1. The number of amides is 1. The van der Waals surface area contributed by atoms with Crippen LogP contribution in [0.4, 0.5) is 0 Å². The number of nitrogens with two attached hydrogens (primary N) is 1. The number of nitrogens with zero attached hydrogens (tertiary/aromatic N) is 1. The first kappa shape index (κ1) is 14.6. The lowest BCUT2D eigenvalue weighted by molar-refractivity contribution is 0.0766. The lowest BCUT2D eigenvalue weighted by atomic mass is 10.2. The van der Waals surface area contributed by atoms with E-state index in [1.165, 1.54) is 23.1 Å². The van der Waals surface area contributed by atoms with Crippen molar-refractivity contribution < 1.29 is 13.2 Å². The van der Waals surface area contributed by atoms with Crippen molar-refractivity contribution in [2.24, 2.45) is 11.1 Å². The topological polar surface area (TPSA) is 80.5 Å². The van der Waals surface area contributed by atoms with E-state index in [4.69, 9.17) is 11.6 Å². The van der Waals surface area contributed by atoms with Crippen LogP contribution in [0.15, 0.2) is 29.2 Å². The van der Waals surface area contributed by atoms with Crippen LogP contribution in [0.1, 0.15) is 23.2 Å². The number of hydrogen-bond acceptors (Lipinski definition) is 3. The highest BCUT2D eigenvalue weighted by Gasteiger charge is 2.29. The average Bonchev–Trinajstić information content (AvgIpc) is 3.20. The molecule has 0 bridgehead atoms. The fourth-order valence-electron chi connectivity index (χ4n) is 2.00. The summed E-state index contributed by atoms with van der Waals surface area (Å²) in [5.74, 6) is 2.51. The number of primary sulfonamides is 1. The standard InChI is InChI=1S/C14H16N2O3S/c1-2-9-16(10-11-7-8-11)14(17)12-5-3-4-6-13(12)20(15,18)19/h1,3-6,11H,7-10H2,(H2,15,18,19). The number of sulfonamides is 1.